The van der Waals surface area contributed by atoms with Gasteiger partial charge in [0.1, 0.15) is 0 Å². The normalized spacial score (nSPS) is 24.8. The Bertz CT molecular complexity index is 266. The predicted octanol–water partition coefficient (Wildman–Crippen LogP) is 3.90. The second-order valence-electron chi connectivity index (χ2n) is 7.93. The van der Waals surface area contributed by atoms with Crippen LogP contribution in [-0.4, -0.2) is 34.6 Å². The van der Waals surface area contributed by atoms with Gasteiger partial charge in [0, 0.05) is 19.6 Å². The standard InChI is InChI=1S/C15H31IN2/c1-13(2)7-9-18(12-14(3,4)11-13)10-8-17-15(5,6)16/h17H,7-12H2,1-6H3. The van der Waals surface area contributed by atoms with Crippen LogP contribution in [0.15, 0.2) is 0 Å². The predicted molar refractivity (Wildman–Crippen MR) is 89.3 cm³/mol. The Morgan fingerprint density at radius 1 is 1.17 bits per heavy atom. The summed E-state index contributed by atoms with van der Waals surface area (Å²) < 4.78 is 0.207. The van der Waals surface area contributed by atoms with Crippen molar-refractivity contribution >= 4 is 22.6 Å². The van der Waals surface area contributed by atoms with Crippen molar-refractivity contribution in [3.63, 3.8) is 0 Å². The van der Waals surface area contributed by atoms with Gasteiger partial charge in [0.05, 0.1) is 3.55 Å². The zero-order valence-electron chi connectivity index (χ0n) is 13.1. The van der Waals surface area contributed by atoms with Gasteiger partial charge in [-0.05, 0) is 44.1 Å². The number of hydrogen-bond acceptors (Lipinski definition) is 2. The van der Waals surface area contributed by atoms with Gasteiger partial charge in [0.25, 0.3) is 0 Å². The third-order valence-corrected chi connectivity index (χ3v) is 4.07. The van der Waals surface area contributed by atoms with Crippen molar-refractivity contribution in [2.24, 2.45) is 10.8 Å². The van der Waals surface area contributed by atoms with Crippen LogP contribution in [0.2, 0.25) is 0 Å². The molecule has 1 aliphatic rings. The van der Waals surface area contributed by atoms with Gasteiger partial charge in [-0.1, -0.05) is 50.3 Å². The highest BCUT2D eigenvalue weighted by molar-refractivity contribution is 14.1. The molecule has 1 rings (SSSR count). The minimum absolute atomic E-state index is 0.207. The Morgan fingerprint density at radius 3 is 2.33 bits per heavy atom. The highest BCUT2D eigenvalue weighted by Crippen LogP contribution is 2.39. The highest BCUT2D eigenvalue weighted by atomic mass is 127. The fraction of sp³-hybridized carbons (Fsp3) is 1.00. The van der Waals surface area contributed by atoms with Gasteiger partial charge in [-0.3, -0.25) is 0 Å². The van der Waals surface area contributed by atoms with Gasteiger partial charge in [-0.15, -0.1) is 0 Å². The smallest absolute Gasteiger partial charge is 0.0648 e. The third kappa shape index (κ3) is 6.71. The van der Waals surface area contributed by atoms with Gasteiger partial charge >= 0.3 is 0 Å². The zero-order chi connectivity index (χ0) is 14.0. The van der Waals surface area contributed by atoms with E-state index in [2.05, 4.69) is 74.3 Å². The van der Waals surface area contributed by atoms with Crippen LogP contribution in [0.5, 0.6) is 0 Å². The maximum Gasteiger partial charge on any atom is 0.0648 e. The summed E-state index contributed by atoms with van der Waals surface area (Å²) in [7, 11) is 0. The van der Waals surface area contributed by atoms with Gasteiger partial charge < -0.3 is 10.2 Å². The molecule has 0 aliphatic carbocycles. The van der Waals surface area contributed by atoms with Gasteiger partial charge in [-0.2, -0.15) is 0 Å². The second-order valence-corrected chi connectivity index (χ2v) is 10.6. The first kappa shape index (κ1) is 16.7. The number of nitrogens with one attached hydrogen (secondary N) is 1. The maximum atomic E-state index is 3.58. The van der Waals surface area contributed by atoms with Crippen molar-refractivity contribution in [3.05, 3.63) is 0 Å². The van der Waals surface area contributed by atoms with E-state index in [1.807, 2.05) is 0 Å². The molecule has 0 radical (unpaired) electrons. The summed E-state index contributed by atoms with van der Waals surface area (Å²) in [5.41, 5.74) is 0.939. The van der Waals surface area contributed by atoms with Crippen LogP contribution in [0.1, 0.15) is 54.4 Å². The number of alkyl halides is 1. The van der Waals surface area contributed by atoms with E-state index in [0.717, 1.165) is 6.54 Å². The quantitative estimate of drug-likeness (QED) is 0.461. The molecule has 1 fully saturated rings. The van der Waals surface area contributed by atoms with Crippen LogP contribution in [0.3, 0.4) is 0 Å². The molecular formula is C15H31IN2. The van der Waals surface area contributed by atoms with Crippen molar-refractivity contribution in [2.75, 3.05) is 26.2 Å². The molecule has 0 atom stereocenters. The molecule has 1 saturated heterocycles. The summed E-state index contributed by atoms with van der Waals surface area (Å²) in [6, 6.07) is 0. The molecule has 0 bridgehead atoms. The van der Waals surface area contributed by atoms with E-state index in [4.69, 9.17) is 0 Å². The molecule has 2 nitrogen and oxygen atoms in total. The number of likely N-dealkylation sites (tertiary alicyclic amines) is 1. The number of hydrogen-bond donors (Lipinski definition) is 1. The number of rotatable bonds is 4. The van der Waals surface area contributed by atoms with Gasteiger partial charge in [-0.25, -0.2) is 0 Å². The number of nitrogens with zero attached hydrogens (tertiary/aromatic N) is 1. The molecule has 0 aromatic carbocycles. The van der Waals surface area contributed by atoms with E-state index in [9.17, 15) is 0 Å². The summed E-state index contributed by atoms with van der Waals surface area (Å²) in [4.78, 5) is 2.64. The Balaban J connectivity index is 2.47. The molecular weight excluding hydrogens is 335 g/mol. The Hall–Kier alpha value is 0.650. The van der Waals surface area contributed by atoms with E-state index in [0.29, 0.717) is 10.8 Å². The summed E-state index contributed by atoms with van der Waals surface area (Å²) in [5, 5.41) is 3.58. The van der Waals surface area contributed by atoms with E-state index in [1.54, 1.807) is 0 Å². The van der Waals surface area contributed by atoms with Crippen LogP contribution in [0.4, 0.5) is 0 Å². The summed E-state index contributed by atoms with van der Waals surface area (Å²) in [6.07, 6.45) is 2.66. The minimum Gasteiger partial charge on any atom is -0.302 e. The molecule has 1 aliphatic heterocycles. The SMILES string of the molecule is CC1(C)CCN(CCNC(C)(C)I)CC(C)(C)C1. The molecule has 108 valence electrons. The monoisotopic (exact) mass is 366 g/mol. The average Bonchev–Trinajstić information content (AvgIpc) is 2.18. The fourth-order valence-electron chi connectivity index (χ4n) is 3.29. The van der Waals surface area contributed by atoms with Crippen LogP contribution < -0.4 is 5.32 Å². The lowest BCUT2D eigenvalue weighted by atomic mass is 9.75. The highest BCUT2D eigenvalue weighted by Gasteiger charge is 2.33. The first-order chi connectivity index (χ1) is 7.99. The number of halogens is 1. The van der Waals surface area contributed by atoms with Crippen molar-refractivity contribution < 1.29 is 0 Å². The molecule has 1 heterocycles. The lowest BCUT2D eigenvalue weighted by Crippen LogP contribution is -2.41. The summed E-state index contributed by atoms with van der Waals surface area (Å²) in [5.74, 6) is 0. The van der Waals surface area contributed by atoms with E-state index < -0.39 is 0 Å². The second kappa shape index (κ2) is 5.96. The van der Waals surface area contributed by atoms with Crippen molar-refractivity contribution in [2.45, 2.75) is 57.9 Å². The lowest BCUT2D eigenvalue weighted by Gasteiger charge is -2.33. The van der Waals surface area contributed by atoms with E-state index in [-0.39, 0.29) is 3.55 Å². The van der Waals surface area contributed by atoms with E-state index in [1.165, 1.54) is 32.5 Å². The molecule has 0 amide bonds. The van der Waals surface area contributed by atoms with Gasteiger partial charge in [0.15, 0.2) is 0 Å². The molecule has 0 aromatic heterocycles. The van der Waals surface area contributed by atoms with Crippen LogP contribution in [-0.2, 0) is 0 Å². The average molecular weight is 366 g/mol. The first-order valence-electron chi connectivity index (χ1n) is 7.16. The first-order valence-corrected chi connectivity index (χ1v) is 8.23. The summed E-state index contributed by atoms with van der Waals surface area (Å²) in [6.45, 7) is 18.9. The Labute approximate surface area is 127 Å². The minimum atomic E-state index is 0.207. The molecule has 0 aromatic rings. The van der Waals surface area contributed by atoms with Crippen LogP contribution >= 0.6 is 22.6 Å². The Morgan fingerprint density at radius 2 is 1.78 bits per heavy atom. The fourth-order valence-corrected chi connectivity index (χ4v) is 3.56. The molecule has 1 N–H and O–H groups in total. The lowest BCUT2D eigenvalue weighted by molar-refractivity contribution is 0.178. The molecule has 0 unspecified atom stereocenters. The Kier molecular flexibility index (Phi) is 5.53. The molecule has 18 heavy (non-hydrogen) atoms. The van der Waals surface area contributed by atoms with Crippen LogP contribution in [0.25, 0.3) is 0 Å². The zero-order valence-corrected chi connectivity index (χ0v) is 15.2. The van der Waals surface area contributed by atoms with E-state index >= 15 is 0 Å². The topological polar surface area (TPSA) is 15.3 Å². The summed E-state index contributed by atoms with van der Waals surface area (Å²) >= 11 is 2.46. The van der Waals surface area contributed by atoms with Crippen molar-refractivity contribution in [3.8, 4) is 0 Å². The molecule has 0 spiro atoms. The van der Waals surface area contributed by atoms with Gasteiger partial charge in [0.2, 0.25) is 0 Å². The van der Waals surface area contributed by atoms with Crippen molar-refractivity contribution in [1.82, 2.24) is 10.2 Å². The largest absolute Gasteiger partial charge is 0.302 e. The third-order valence-electron chi connectivity index (χ3n) is 3.69. The molecule has 0 saturated carbocycles. The van der Waals surface area contributed by atoms with Crippen LogP contribution in [0, 0.1) is 10.8 Å². The van der Waals surface area contributed by atoms with Crippen molar-refractivity contribution in [1.29, 1.82) is 0 Å². The molecule has 3 heteroatoms. The maximum absolute atomic E-state index is 3.58.